The molecule has 0 bridgehead atoms. The van der Waals surface area contributed by atoms with Crippen molar-refractivity contribution in [3.8, 4) is 0 Å². The van der Waals surface area contributed by atoms with E-state index >= 15 is 0 Å². The average Bonchev–Trinajstić information content (AvgIpc) is 2.57. The third-order valence-corrected chi connectivity index (χ3v) is 4.32. The smallest absolute Gasteiger partial charge is 0.331 e. The van der Waals surface area contributed by atoms with Gasteiger partial charge >= 0.3 is 12.4 Å². The van der Waals surface area contributed by atoms with E-state index in [0.717, 1.165) is 9.80 Å². The molecule has 30 heavy (non-hydrogen) atoms. The van der Waals surface area contributed by atoms with Crippen molar-refractivity contribution in [1.82, 2.24) is 9.80 Å². The van der Waals surface area contributed by atoms with Gasteiger partial charge in [-0.1, -0.05) is 24.3 Å². The number of hydrogen-bond acceptors (Lipinski definition) is 2. The van der Waals surface area contributed by atoms with Crippen molar-refractivity contribution in [2.75, 3.05) is 13.1 Å². The van der Waals surface area contributed by atoms with Crippen molar-refractivity contribution in [3.05, 3.63) is 35.4 Å². The van der Waals surface area contributed by atoms with Crippen molar-refractivity contribution >= 4 is 11.8 Å². The summed E-state index contributed by atoms with van der Waals surface area (Å²) in [5.74, 6) is -1.38. The maximum atomic E-state index is 12.7. The van der Waals surface area contributed by atoms with E-state index in [2.05, 4.69) is 0 Å². The Hall–Kier alpha value is -2.26. The van der Waals surface area contributed by atoms with Crippen LogP contribution >= 0.6 is 0 Å². The minimum Gasteiger partial charge on any atom is -0.331 e. The Labute approximate surface area is 171 Å². The van der Waals surface area contributed by atoms with Crippen molar-refractivity contribution in [2.24, 2.45) is 0 Å². The van der Waals surface area contributed by atoms with E-state index in [0.29, 0.717) is 11.1 Å². The zero-order valence-corrected chi connectivity index (χ0v) is 17.3. The SMILES string of the molecule is CC(C)N(CC(F)(F)F)C(=O)Cc1ccc(CC(=O)N(CC(F)(F)F)C(C)C)cc1. The summed E-state index contributed by atoms with van der Waals surface area (Å²) in [6, 6.07) is 4.66. The summed E-state index contributed by atoms with van der Waals surface area (Å²) >= 11 is 0. The molecule has 0 fully saturated rings. The van der Waals surface area contributed by atoms with Crippen LogP contribution in [0.5, 0.6) is 0 Å². The molecule has 170 valence electrons. The molecule has 0 aliphatic carbocycles. The van der Waals surface area contributed by atoms with Crippen LogP contribution < -0.4 is 0 Å². The number of rotatable bonds is 8. The summed E-state index contributed by atoms with van der Waals surface area (Å²) in [6.45, 7) is 3.25. The third-order valence-electron chi connectivity index (χ3n) is 4.32. The van der Waals surface area contributed by atoms with Crippen molar-refractivity contribution < 1.29 is 35.9 Å². The Morgan fingerprint density at radius 2 is 0.967 bits per heavy atom. The molecule has 0 unspecified atom stereocenters. The Morgan fingerprint density at radius 3 is 1.17 bits per heavy atom. The molecule has 0 radical (unpaired) electrons. The second-order valence-electron chi connectivity index (χ2n) is 7.63. The van der Waals surface area contributed by atoms with E-state index in [1.807, 2.05) is 0 Å². The van der Waals surface area contributed by atoms with Crippen LogP contribution in [0.15, 0.2) is 24.3 Å². The van der Waals surface area contributed by atoms with Crippen LogP contribution in [0.1, 0.15) is 38.8 Å². The van der Waals surface area contributed by atoms with Gasteiger partial charge < -0.3 is 9.80 Å². The van der Waals surface area contributed by atoms with Gasteiger partial charge in [0.1, 0.15) is 13.1 Å². The molecule has 4 nitrogen and oxygen atoms in total. The second-order valence-corrected chi connectivity index (χ2v) is 7.63. The van der Waals surface area contributed by atoms with E-state index in [1.54, 1.807) is 0 Å². The van der Waals surface area contributed by atoms with Gasteiger partial charge in [-0.3, -0.25) is 9.59 Å². The van der Waals surface area contributed by atoms with Crippen molar-refractivity contribution in [3.63, 3.8) is 0 Å². The lowest BCUT2D eigenvalue weighted by atomic mass is 10.1. The predicted molar refractivity (Wildman–Crippen MR) is 99.7 cm³/mol. The van der Waals surface area contributed by atoms with E-state index < -0.39 is 49.3 Å². The topological polar surface area (TPSA) is 40.6 Å². The van der Waals surface area contributed by atoms with E-state index in [9.17, 15) is 35.9 Å². The van der Waals surface area contributed by atoms with Gasteiger partial charge in [-0.05, 0) is 38.8 Å². The summed E-state index contributed by atoms with van der Waals surface area (Å²) in [5.41, 5.74) is 0.889. The molecule has 2 amide bonds. The Kier molecular flexibility index (Phi) is 8.74. The summed E-state index contributed by atoms with van der Waals surface area (Å²) in [7, 11) is 0. The van der Waals surface area contributed by atoms with Crippen LogP contribution in [0, 0.1) is 0 Å². The molecular weight excluding hydrogens is 414 g/mol. The van der Waals surface area contributed by atoms with E-state index in [-0.39, 0.29) is 12.8 Å². The fourth-order valence-corrected chi connectivity index (χ4v) is 2.83. The number of benzene rings is 1. The first kappa shape index (κ1) is 25.8. The monoisotopic (exact) mass is 440 g/mol. The minimum atomic E-state index is -4.51. The van der Waals surface area contributed by atoms with Gasteiger partial charge in [-0.25, -0.2) is 0 Å². The summed E-state index contributed by atoms with van der Waals surface area (Å²) in [5, 5.41) is 0. The molecule has 0 spiro atoms. The normalized spacial score (nSPS) is 12.4. The maximum Gasteiger partial charge on any atom is 0.406 e. The highest BCUT2D eigenvalue weighted by molar-refractivity contribution is 5.80. The lowest BCUT2D eigenvalue weighted by molar-refractivity contribution is -0.164. The quantitative estimate of drug-likeness (QED) is 0.564. The molecular formula is C20H26F6N2O2. The minimum absolute atomic E-state index is 0.255. The maximum absolute atomic E-state index is 12.7. The Balaban J connectivity index is 2.81. The molecule has 1 aromatic carbocycles. The molecule has 0 heterocycles. The van der Waals surface area contributed by atoms with Crippen LogP contribution in [0.25, 0.3) is 0 Å². The first-order chi connectivity index (χ1) is 13.6. The zero-order valence-electron chi connectivity index (χ0n) is 17.3. The number of alkyl halides is 6. The lowest BCUT2D eigenvalue weighted by Gasteiger charge is -2.28. The molecule has 0 saturated carbocycles. The van der Waals surface area contributed by atoms with Gasteiger partial charge in [0.25, 0.3) is 0 Å². The molecule has 0 N–H and O–H groups in total. The first-order valence-electron chi connectivity index (χ1n) is 9.39. The standard InChI is InChI=1S/C20H26F6N2O2/c1-13(2)27(11-19(21,22)23)17(29)9-15-5-7-16(8-6-15)10-18(30)28(14(3)4)12-20(24,25)26/h5-8,13-14H,9-12H2,1-4H3. The van der Waals surface area contributed by atoms with Crippen LogP contribution in [-0.4, -0.2) is 59.1 Å². The van der Waals surface area contributed by atoms with Crippen molar-refractivity contribution in [2.45, 2.75) is 65.0 Å². The van der Waals surface area contributed by atoms with Gasteiger partial charge in [-0.15, -0.1) is 0 Å². The number of carbonyl (C=O) groups excluding carboxylic acids is 2. The number of halogens is 6. The highest BCUT2D eigenvalue weighted by atomic mass is 19.4. The van der Waals surface area contributed by atoms with Crippen LogP contribution in [0.3, 0.4) is 0 Å². The van der Waals surface area contributed by atoms with E-state index in [1.165, 1.54) is 52.0 Å². The van der Waals surface area contributed by atoms with Gasteiger partial charge in [0.2, 0.25) is 11.8 Å². The van der Waals surface area contributed by atoms with Crippen LogP contribution in [-0.2, 0) is 22.4 Å². The second kappa shape index (κ2) is 10.2. The number of nitrogens with zero attached hydrogens (tertiary/aromatic N) is 2. The highest BCUT2D eigenvalue weighted by Crippen LogP contribution is 2.20. The molecule has 0 aliphatic rings. The number of hydrogen-bond donors (Lipinski definition) is 0. The van der Waals surface area contributed by atoms with E-state index in [4.69, 9.17) is 0 Å². The molecule has 0 aromatic heterocycles. The molecule has 0 saturated heterocycles. The van der Waals surface area contributed by atoms with Crippen LogP contribution in [0.4, 0.5) is 26.3 Å². The largest absolute Gasteiger partial charge is 0.406 e. The van der Waals surface area contributed by atoms with Gasteiger partial charge in [-0.2, -0.15) is 26.3 Å². The molecule has 1 rings (SSSR count). The third kappa shape index (κ3) is 9.04. The highest BCUT2D eigenvalue weighted by Gasteiger charge is 2.35. The first-order valence-corrected chi connectivity index (χ1v) is 9.39. The molecule has 1 aromatic rings. The van der Waals surface area contributed by atoms with Gasteiger partial charge in [0, 0.05) is 12.1 Å². The molecule has 10 heteroatoms. The molecule has 0 atom stereocenters. The lowest BCUT2D eigenvalue weighted by Crippen LogP contribution is -2.44. The fourth-order valence-electron chi connectivity index (χ4n) is 2.83. The summed E-state index contributed by atoms with van der Waals surface area (Å²) in [4.78, 5) is 26.0. The fraction of sp³-hybridized carbons (Fsp3) is 0.600. The Morgan fingerprint density at radius 1 is 0.700 bits per heavy atom. The van der Waals surface area contributed by atoms with Crippen molar-refractivity contribution in [1.29, 1.82) is 0 Å². The van der Waals surface area contributed by atoms with Crippen LogP contribution in [0.2, 0.25) is 0 Å². The average molecular weight is 440 g/mol. The number of amides is 2. The Bertz CT molecular complexity index is 650. The number of carbonyl (C=O) groups is 2. The summed E-state index contributed by atoms with van der Waals surface area (Å²) < 4.78 is 76.0. The summed E-state index contributed by atoms with van der Waals surface area (Å²) in [6.07, 6.45) is -9.53. The predicted octanol–water partition coefficient (Wildman–Crippen LogP) is 4.37. The molecule has 0 aliphatic heterocycles. The zero-order chi connectivity index (χ0) is 23.3. The van der Waals surface area contributed by atoms with Gasteiger partial charge in [0.05, 0.1) is 12.8 Å². The van der Waals surface area contributed by atoms with Gasteiger partial charge in [0.15, 0.2) is 0 Å².